The number of ether oxygens (including phenoxy) is 2. The zero-order valence-corrected chi connectivity index (χ0v) is 16.5. The molecule has 3 atom stereocenters. The molecule has 1 saturated carbocycles. The number of rotatable bonds is 7. The Bertz CT molecular complexity index is 526. The van der Waals surface area contributed by atoms with Gasteiger partial charge in [0, 0.05) is 0 Å². The first kappa shape index (κ1) is 19.6. The average Bonchev–Trinajstić information content (AvgIpc) is 2.62. The monoisotopic (exact) mass is 367 g/mol. The molecule has 2 N–H and O–H groups in total. The summed E-state index contributed by atoms with van der Waals surface area (Å²) in [6, 6.07) is 0. The van der Waals surface area contributed by atoms with Crippen LogP contribution in [-0.2, 0) is 9.47 Å². The van der Waals surface area contributed by atoms with E-state index in [4.69, 9.17) is 9.47 Å². The van der Waals surface area contributed by atoms with Crippen molar-refractivity contribution >= 4 is 6.09 Å². The zero-order valence-electron chi connectivity index (χ0n) is 16.5. The van der Waals surface area contributed by atoms with Gasteiger partial charge in [-0.1, -0.05) is 19.9 Å². The molecule has 0 unspecified atom stereocenters. The number of carbonyl (C=O) groups excluding carboxylic acids is 1. The van der Waals surface area contributed by atoms with Gasteiger partial charge in [0.25, 0.3) is 0 Å². The van der Waals surface area contributed by atoms with E-state index in [-0.39, 0.29) is 6.09 Å². The molecule has 1 heterocycles. The lowest BCUT2D eigenvalue weighted by molar-refractivity contribution is -0.907. The number of nitrogens with one attached hydrogen (secondary N) is 1. The summed E-state index contributed by atoms with van der Waals surface area (Å²) in [5, 5.41) is 10.3. The van der Waals surface area contributed by atoms with E-state index in [9.17, 15) is 9.90 Å². The van der Waals surface area contributed by atoms with Crippen LogP contribution >= 0.6 is 0 Å². The zero-order chi connectivity index (χ0) is 18.7. The number of nitrogens with zero attached hydrogens (tertiary/aromatic N) is 1. The van der Waals surface area contributed by atoms with Gasteiger partial charge in [-0.2, -0.15) is 0 Å². The Morgan fingerprint density at radius 1 is 1.42 bits per heavy atom. The second kappa shape index (κ2) is 8.28. The van der Waals surface area contributed by atoms with Crippen molar-refractivity contribution in [2.75, 3.05) is 52.5 Å². The van der Waals surface area contributed by atoms with E-state index in [1.54, 1.807) is 4.90 Å². The lowest BCUT2D eigenvalue weighted by Gasteiger charge is -2.56. The fourth-order valence-electron chi connectivity index (χ4n) is 4.77. The number of allylic oxidation sites excluding steroid dienone is 1. The van der Waals surface area contributed by atoms with Gasteiger partial charge in [0.05, 0.1) is 46.0 Å². The molecule has 0 aromatic rings. The van der Waals surface area contributed by atoms with E-state index in [0.29, 0.717) is 50.8 Å². The van der Waals surface area contributed by atoms with E-state index >= 15 is 0 Å². The number of aliphatic hydroxyl groups is 1. The van der Waals surface area contributed by atoms with Crippen LogP contribution < -0.4 is 4.90 Å². The van der Waals surface area contributed by atoms with Gasteiger partial charge in [-0.05, 0) is 42.6 Å². The Kier molecular flexibility index (Phi) is 6.25. The van der Waals surface area contributed by atoms with Gasteiger partial charge in [-0.25, -0.2) is 4.79 Å². The molecule has 4 rings (SSSR count). The number of fused-ring (bicyclic) bond motifs is 1. The Morgan fingerprint density at radius 2 is 2.15 bits per heavy atom. The van der Waals surface area contributed by atoms with Crippen molar-refractivity contribution in [3.05, 3.63) is 11.6 Å². The van der Waals surface area contributed by atoms with Gasteiger partial charge in [0.2, 0.25) is 0 Å². The molecule has 1 aliphatic heterocycles. The molecule has 2 bridgehead atoms. The van der Waals surface area contributed by atoms with Crippen molar-refractivity contribution in [2.45, 2.75) is 39.7 Å². The van der Waals surface area contributed by atoms with Crippen molar-refractivity contribution in [3.63, 3.8) is 0 Å². The molecular weight excluding hydrogens is 332 g/mol. The molecule has 6 nitrogen and oxygen atoms in total. The van der Waals surface area contributed by atoms with Crippen LogP contribution in [0.4, 0.5) is 4.79 Å². The normalized spacial score (nSPS) is 28.9. The first-order valence-electron chi connectivity index (χ1n) is 10.1. The average molecular weight is 368 g/mol. The second-order valence-corrected chi connectivity index (χ2v) is 8.63. The van der Waals surface area contributed by atoms with Gasteiger partial charge >= 0.3 is 6.09 Å². The number of carbonyl (C=O) groups is 1. The molecule has 3 aliphatic carbocycles. The molecule has 2 fully saturated rings. The third kappa shape index (κ3) is 4.24. The summed E-state index contributed by atoms with van der Waals surface area (Å²) < 4.78 is 10.9. The first-order valence-corrected chi connectivity index (χ1v) is 10.1. The molecule has 4 aliphatic rings. The fourth-order valence-corrected chi connectivity index (χ4v) is 4.77. The molecule has 0 spiro atoms. The number of quaternary nitrogens is 1. The minimum Gasteiger partial charge on any atom is -0.450 e. The summed E-state index contributed by atoms with van der Waals surface area (Å²) in [5.41, 5.74) is 1.86. The van der Waals surface area contributed by atoms with Gasteiger partial charge in [0.1, 0.15) is 12.6 Å². The Morgan fingerprint density at radius 3 is 2.77 bits per heavy atom. The third-order valence-corrected chi connectivity index (χ3v) is 6.68. The molecular formula is C20H35N2O4+. The van der Waals surface area contributed by atoms with Crippen molar-refractivity contribution < 1.29 is 24.3 Å². The standard InChI is InChI=1S/C20H34N2O4/c1-4-26-19(24)22-9-7-21(8-10-22)12-17(23)14-25-13-15-5-6-16-11-18(15)20(16,2)3/h5,16-18,23H,4,6-14H2,1-3H3/p+1/t16-,17+,18-/m1/s1. The van der Waals surface area contributed by atoms with Crippen LogP contribution in [0.2, 0.25) is 0 Å². The minimum absolute atomic E-state index is 0.225. The molecule has 26 heavy (non-hydrogen) atoms. The second-order valence-electron chi connectivity index (χ2n) is 8.63. The summed E-state index contributed by atoms with van der Waals surface area (Å²) in [6.07, 6.45) is 4.16. The summed E-state index contributed by atoms with van der Waals surface area (Å²) in [6.45, 7) is 11.8. The largest absolute Gasteiger partial charge is 0.450 e. The van der Waals surface area contributed by atoms with Crippen LogP contribution in [0.1, 0.15) is 33.6 Å². The van der Waals surface area contributed by atoms with Crippen molar-refractivity contribution in [2.24, 2.45) is 17.3 Å². The molecule has 0 radical (unpaired) electrons. The van der Waals surface area contributed by atoms with Crippen LogP contribution in [0, 0.1) is 17.3 Å². The number of aliphatic hydroxyl groups excluding tert-OH is 1. The maximum absolute atomic E-state index is 11.7. The topological polar surface area (TPSA) is 63.4 Å². The van der Waals surface area contributed by atoms with Crippen LogP contribution in [0.3, 0.4) is 0 Å². The first-order chi connectivity index (χ1) is 12.4. The Balaban J connectivity index is 1.32. The molecule has 0 aromatic carbocycles. The highest BCUT2D eigenvalue weighted by Gasteiger charge is 2.50. The van der Waals surface area contributed by atoms with Gasteiger partial charge in [0.15, 0.2) is 0 Å². The van der Waals surface area contributed by atoms with Crippen LogP contribution in [0.5, 0.6) is 0 Å². The lowest BCUT2D eigenvalue weighted by Crippen LogP contribution is -3.15. The van der Waals surface area contributed by atoms with E-state index in [0.717, 1.165) is 19.0 Å². The third-order valence-electron chi connectivity index (χ3n) is 6.68. The van der Waals surface area contributed by atoms with Crippen LogP contribution in [-0.4, -0.2) is 74.7 Å². The van der Waals surface area contributed by atoms with E-state index < -0.39 is 6.10 Å². The maximum Gasteiger partial charge on any atom is 0.410 e. The lowest BCUT2D eigenvalue weighted by atomic mass is 9.49. The highest BCUT2D eigenvalue weighted by atomic mass is 16.6. The highest BCUT2D eigenvalue weighted by Crippen LogP contribution is 2.59. The van der Waals surface area contributed by atoms with Gasteiger partial charge < -0.3 is 19.5 Å². The number of piperazine rings is 1. The summed E-state index contributed by atoms with van der Waals surface area (Å²) in [5.74, 6) is 1.51. The number of amides is 1. The van der Waals surface area contributed by atoms with E-state index in [1.807, 2.05) is 6.92 Å². The predicted octanol–water partition coefficient (Wildman–Crippen LogP) is 0.713. The van der Waals surface area contributed by atoms with E-state index in [1.165, 1.54) is 23.3 Å². The molecule has 1 amide bonds. The van der Waals surface area contributed by atoms with Crippen molar-refractivity contribution in [3.8, 4) is 0 Å². The molecule has 1 saturated heterocycles. The van der Waals surface area contributed by atoms with Crippen molar-refractivity contribution in [1.29, 1.82) is 0 Å². The van der Waals surface area contributed by atoms with Crippen LogP contribution in [0.15, 0.2) is 11.6 Å². The molecule has 0 aromatic heterocycles. The van der Waals surface area contributed by atoms with E-state index in [2.05, 4.69) is 19.9 Å². The smallest absolute Gasteiger partial charge is 0.410 e. The summed E-state index contributed by atoms with van der Waals surface area (Å²) >= 11 is 0. The van der Waals surface area contributed by atoms with Crippen LogP contribution in [0.25, 0.3) is 0 Å². The van der Waals surface area contributed by atoms with Crippen molar-refractivity contribution in [1.82, 2.24) is 4.90 Å². The maximum atomic E-state index is 11.7. The highest BCUT2D eigenvalue weighted by molar-refractivity contribution is 5.67. The molecule has 148 valence electrons. The number of hydrogen-bond donors (Lipinski definition) is 2. The summed E-state index contributed by atoms with van der Waals surface area (Å²) in [7, 11) is 0. The summed E-state index contributed by atoms with van der Waals surface area (Å²) in [4.78, 5) is 14.8. The Hall–Kier alpha value is -1.11. The van der Waals surface area contributed by atoms with Gasteiger partial charge in [-0.15, -0.1) is 0 Å². The Labute approximate surface area is 157 Å². The van der Waals surface area contributed by atoms with Gasteiger partial charge in [-0.3, -0.25) is 4.90 Å². The quantitative estimate of drug-likeness (QED) is 0.651. The predicted molar refractivity (Wildman–Crippen MR) is 99.1 cm³/mol. The minimum atomic E-state index is -0.453. The molecule has 6 heteroatoms. The SMILES string of the molecule is CCOC(=O)N1CC[NH+](C[C@H](O)COCC2=CC[C@@H]3C[C@H]2C3(C)C)CC1. The fraction of sp³-hybridized carbons (Fsp3) is 0.850. The number of hydrogen-bond acceptors (Lipinski definition) is 4.